The van der Waals surface area contributed by atoms with E-state index in [4.69, 9.17) is 21.1 Å². The van der Waals surface area contributed by atoms with Gasteiger partial charge in [0.1, 0.15) is 17.0 Å². The van der Waals surface area contributed by atoms with Gasteiger partial charge in [0, 0.05) is 40.7 Å². The first-order chi connectivity index (χ1) is 13.8. The quantitative estimate of drug-likeness (QED) is 0.695. The molecule has 1 aromatic heterocycles. The van der Waals surface area contributed by atoms with E-state index in [2.05, 4.69) is 18.8 Å². The van der Waals surface area contributed by atoms with Gasteiger partial charge < -0.3 is 14.4 Å². The molecule has 6 heteroatoms. The molecule has 2 fully saturated rings. The highest BCUT2D eigenvalue weighted by Crippen LogP contribution is 2.55. The van der Waals surface area contributed by atoms with E-state index in [1.54, 1.807) is 6.07 Å². The minimum atomic E-state index is -0.346. The number of amides is 1. The number of hydrogen-bond acceptors (Lipinski definition) is 4. The number of benzene rings is 1. The number of aryl methyl sites for hydroxylation is 1. The molecule has 1 spiro atoms. The number of carbonyl (C=O) groups excluding carboxylic acids is 1. The third kappa shape index (κ3) is 3.11. The van der Waals surface area contributed by atoms with Gasteiger partial charge in [0.2, 0.25) is 0 Å². The third-order valence-corrected chi connectivity index (χ3v) is 6.81. The number of pyridine rings is 1. The summed E-state index contributed by atoms with van der Waals surface area (Å²) in [6.07, 6.45) is 0.933. The van der Waals surface area contributed by atoms with Gasteiger partial charge in [0.05, 0.1) is 12.7 Å². The maximum absolute atomic E-state index is 12.8. The molecule has 5 nitrogen and oxygen atoms in total. The molecule has 2 saturated heterocycles. The van der Waals surface area contributed by atoms with Crippen LogP contribution in [0.3, 0.4) is 0 Å². The van der Waals surface area contributed by atoms with Crippen LogP contribution in [0.1, 0.15) is 48.1 Å². The van der Waals surface area contributed by atoms with Crippen LogP contribution in [0, 0.1) is 18.3 Å². The lowest BCUT2D eigenvalue weighted by Gasteiger charge is -2.58. The number of halogens is 1. The maximum Gasteiger partial charge on any atom is 0.272 e. The summed E-state index contributed by atoms with van der Waals surface area (Å²) in [7, 11) is 0. The van der Waals surface area contributed by atoms with E-state index >= 15 is 0 Å². The van der Waals surface area contributed by atoms with Gasteiger partial charge >= 0.3 is 0 Å². The lowest BCUT2D eigenvalue weighted by molar-refractivity contribution is -0.191. The van der Waals surface area contributed by atoms with E-state index in [9.17, 15) is 4.79 Å². The first kappa shape index (κ1) is 18.9. The highest BCUT2D eigenvalue weighted by molar-refractivity contribution is 6.30. The molecule has 0 saturated carbocycles. The molecule has 2 atom stereocenters. The monoisotopic (exact) mass is 412 g/mol. The van der Waals surface area contributed by atoms with Gasteiger partial charge in [-0.15, -0.1) is 0 Å². The van der Waals surface area contributed by atoms with Crippen molar-refractivity contribution in [2.75, 3.05) is 19.7 Å². The first-order valence-corrected chi connectivity index (χ1v) is 10.5. The molecule has 29 heavy (non-hydrogen) atoms. The minimum Gasteiger partial charge on any atom is -0.487 e. The average molecular weight is 413 g/mol. The van der Waals surface area contributed by atoms with Crippen LogP contribution in [-0.4, -0.2) is 41.1 Å². The molecule has 0 unspecified atom stereocenters. The highest BCUT2D eigenvalue weighted by Gasteiger charge is 2.56. The second-order valence-electron chi connectivity index (χ2n) is 9.26. The van der Waals surface area contributed by atoms with Crippen molar-refractivity contribution in [3.8, 4) is 5.75 Å². The highest BCUT2D eigenvalue weighted by atomic mass is 35.5. The van der Waals surface area contributed by atoms with Crippen molar-refractivity contribution in [1.29, 1.82) is 0 Å². The third-order valence-electron chi connectivity index (χ3n) is 6.58. The molecular weight excluding hydrogens is 388 g/mol. The van der Waals surface area contributed by atoms with Crippen LogP contribution in [0.4, 0.5) is 0 Å². The Morgan fingerprint density at radius 1 is 1.24 bits per heavy atom. The molecule has 3 aliphatic rings. The Hall–Kier alpha value is -2.11. The largest absolute Gasteiger partial charge is 0.487 e. The molecule has 0 N–H and O–H groups in total. The maximum atomic E-state index is 12.8. The number of rotatable bonds is 1. The van der Waals surface area contributed by atoms with Crippen molar-refractivity contribution in [2.24, 2.45) is 11.3 Å². The van der Waals surface area contributed by atoms with Crippen molar-refractivity contribution >= 4 is 17.5 Å². The summed E-state index contributed by atoms with van der Waals surface area (Å²) >= 11 is 6.24. The fourth-order valence-corrected chi connectivity index (χ4v) is 5.26. The lowest BCUT2D eigenvalue weighted by atomic mass is 9.64. The molecule has 0 aliphatic carbocycles. The van der Waals surface area contributed by atoms with Crippen LogP contribution in [0.2, 0.25) is 5.02 Å². The topological polar surface area (TPSA) is 51.7 Å². The average Bonchev–Trinajstić information content (AvgIpc) is 2.66. The van der Waals surface area contributed by atoms with E-state index in [0.29, 0.717) is 30.4 Å². The Bertz CT molecular complexity index is 984. The Balaban J connectivity index is 1.34. The van der Waals surface area contributed by atoms with Crippen LogP contribution >= 0.6 is 11.6 Å². The first-order valence-electron chi connectivity index (χ1n) is 10.1. The molecule has 0 radical (unpaired) electrons. The van der Waals surface area contributed by atoms with E-state index in [1.807, 2.05) is 42.2 Å². The van der Waals surface area contributed by atoms with Crippen molar-refractivity contribution in [3.63, 3.8) is 0 Å². The molecule has 4 heterocycles. The molecule has 2 aromatic rings. The Morgan fingerprint density at radius 3 is 2.79 bits per heavy atom. The minimum absolute atomic E-state index is 0.00210. The van der Waals surface area contributed by atoms with Crippen LogP contribution < -0.4 is 4.74 Å². The Kier molecular flexibility index (Phi) is 4.20. The molecule has 3 aliphatic heterocycles. The summed E-state index contributed by atoms with van der Waals surface area (Å²) in [6, 6.07) is 11.3. The number of nitrogens with zero attached hydrogens (tertiary/aromatic N) is 2. The summed E-state index contributed by atoms with van der Waals surface area (Å²) in [4.78, 5) is 19.1. The number of hydrogen-bond donors (Lipinski definition) is 0. The van der Waals surface area contributed by atoms with Gasteiger partial charge in [-0.3, -0.25) is 4.79 Å². The molecular formula is C23H25ClN2O3. The summed E-state index contributed by atoms with van der Waals surface area (Å²) in [5, 5.41) is 0.695. The summed E-state index contributed by atoms with van der Waals surface area (Å²) in [6.45, 7) is 8.19. The Morgan fingerprint density at radius 2 is 2.03 bits per heavy atom. The molecule has 152 valence electrons. The summed E-state index contributed by atoms with van der Waals surface area (Å²) in [5.41, 5.74) is 2.04. The van der Waals surface area contributed by atoms with E-state index in [0.717, 1.165) is 23.4 Å². The predicted octanol–water partition coefficient (Wildman–Crippen LogP) is 4.43. The van der Waals surface area contributed by atoms with Crippen LogP contribution in [0.5, 0.6) is 5.75 Å². The zero-order valence-corrected chi connectivity index (χ0v) is 17.7. The van der Waals surface area contributed by atoms with Crippen LogP contribution in [0.15, 0.2) is 36.4 Å². The zero-order valence-electron chi connectivity index (χ0n) is 16.9. The summed E-state index contributed by atoms with van der Waals surface area (Å²) in [5.74, 6) is 1.06. The van der Waals surface area contributed by atoms with Crippen molar-refractivity contribution in [3.05, 3.63) is 58.4 Å². The van der Waals surface area contributed by atoms with Crippen LogP contribution in [-0.2, 0) is 4.74 Å². The van der Waals surface area contributed by atoms with Gasteiger partial charge in [-0.05, 0) is 57.5 Å². The van der Waals surface area contributed by atoms with E-state index < -0.39 is 0 Å². The van der Waals surface area contributed by atoms with Gasteiger partial charge in [-0.1, -0.05) is 17.7 Å². The molecule has 5 rings (SSSR count). The van der Waals surface area contributed by atoms with Gasteiger partial charge in [0.25, 0.3) is 5.91 Å². The fourth-order valence-electron chi connectivity index (χ4n) is 5.08. The molecule has 1 aromatic carbocycles. The fraction of sp³-hybridized carbons (Fsp3) is 0.478. The zero-order chi connectivity index (χ0) is 20.4. The van der Waals surface area contributed by atoms with E-state index in [-0.39, 0.29) is 28.9 Å². The van der Waals surface area contributed by atoms with Crippen LogP contribution in [0.25, 0.3) is 0 Å². The number of fused-ring (bicyclic) bond motifs is 3. The van der Waals surface area contributed by atoms with Gasteiger partial charge in [-0.25, -0.2) is 4.98 Å². The lowest BCUT2D eigenvalue weighted by Crippen LogP contribution is -2.65. The van der Waals surface area contributed by atoms with Crippen molar-refractivity contribution < 1.29 is 14.3 Å². The number of likely N-dealkylation sites (tertiary alicyclic amines) is 1. The standard InChI is InChI=1S/C23H25ClN2O3/c1-14-5-4-6-18(25-14)21(27)26-11-23(12-26)10-17-20(28-13-23)16-9-15(24)7-8-19(16)29-22(17,2)3/h4-9,17,20H,10-13H2,1-3H3/t17-,20+/m0/s1. The predicted molar refractivity (Wildman–Crippen MR) is 110 cm³/mol. The van der Waals surface area contributed by atoms with Gasteiger partial charge in [0.15, 0.2) is 0 Å². The SMILES string of the molecule is Cc1cccc(C(=O)N2CC3(CO[C@@H]4c5cc(Cl)ccc5OC(C)(C)[C@H]4C3)C2)n1. The van der Waals surface area contributed by atoms with Crippen molar-refractivity contribution in [2.45, 2.75) is 38.9 Å². The number of ether oxygens (including phenoxy) is 2. The summed E-state index contributed by atoms with van der Waals surface area (Å²) < 4.78 is 12.8. The van der Waals surface area contributed by atoms with Crippen molar-refractivity contribution in [1.82, 2.24) is 9.88 Å². The molecule has 1 amide bonds. The Labute approximate surface area is 176 Å². The number of carbonyl (C=O) groups is 1. The van der Waals surface area contributed by atoms with E-state index in [1.165, 1.54) is 0 Å². The number of aromatic nitrogens is 1. The second kappa shape index (κ2) is 6.44. The molecule has 0 bridgehead atoms. The second-order valence-corrected chi connectivity index (χ2v) is 9.69. The van der Waals surface area contributed by atoms with Gasteiger partial charge in [-0.2, -0.15) is 0 Å². The normalized spacial score (nSPS) is 26.1. The smallest absolute Gasteiger partial charge is 0.272 e.